The second-order valence-corrected chi connectivity index (χ2v) is 4.49. The summed E-state index contributed by atoms with van der Waals surface area (Å²) in [6.45, 7) is 3.87. The lowest BCUT2D eigenvalue weighted by Gasteiger charge is -2.12. The molecule has 0 spiro atoms. The van der Waals surface area contributed by atoms with Crippen LogP contribution in [-0.2, 0) is 6.54 Å². The third kappa shape index (κ3) is 3.47. The van der Waals surface area contributed by atoms with Gasteiger partial charge in [0.1, 0.15) is 0 Å². The zero-order valence-electron chi connectivity index (χ0n) is 11.6. The van der Waals surface area contributed by atoms with Crippen molar-refractivity contribution < 1.29 is 0 Å². The number of hydrogen-bond acceptors (Lipinski definition) is 1. The molecular weight excluding hydrogens is 234 g/mol. The highest BCUT2D eigenvalue weighted by atomic mass is 15.2. The standard InChI is InChI=1S/C16H21N3/c1-3-11-18-16(17-2)19-12-14-9-6-8-13-7-4-5-10-15(13)14/h4-10H,3,11-12H2,1-2H3,(H2,17,18,19). The fourth-order valence-corrected chi connectivity index (χ4v) is 2.09. The first-order chi connectivity index (χ1) is 9.35. The van der Waals surface area contributed by atoms with Gasteiger partial charge in [-0.05, 0) is 22.8 Å². The summed E-state index contributed by atoms with van der Waals surface area (Å²) in [5.41, 5.74) is 1.29. The minimum Gasteiger partial charge on any atom is -0.356 e. The average molecular weight is 255 g/mol. The van der Waals surface area contributed by atoms with Crippen molar-refractivity contribution in [2.45, 2.75) is 19.9 Å². The lowest BCUT2D eigenvalue weighted by Crippen LogP contribution is -2.37. The fraction of sp³-hybridized carbons (Fsp3) is 0.312. The summed E-state index contributed by atoms with van der Waals surface area (Å²) in [6, 6.07) is 14.8. The first-order valence-corrected chi connectivity index (χ1v) is 6.76. The normalized spacial score (nSPS) is 11.6. The summed E-state index contributed by atoms with van der Waals surface area (Å²) in [5, 5.41) is 9.20. The van der Waals surface area contributed by atoms with Crippen LogP contribution in [0.15, 0.2) is 47.5 Å². The fourth-order valence-electron chi connectivity index (χ4n) is 2.09. The van der Waals surface area contributed by atoms with Crippen LogP contribution in [0.3, 0.4) is 0 Å². The van der Waals surface area contributed by atoms with E-state index >= 15 is 0 Å². The Morgan fingerprint density at radius 2 is 1.84 bits per heavy atom. The Morgan fingerprint density at radius 1 is 1.05 bits per heavy atom. The van der Waals surface area contributed by atoms with Crippen LogP contribution in [0, 0.1) is 0 Å². The quantitative estimate of drug-likeness (QED) is 0.651. The van der Waals surface area contributed by atoms with E-state index < -0.39 is 0 Å². The maximum absolute atomic E-state index is 4.22. The molecular formula is C16H21N3. The summed E-state index contributed by atoms with van der Waals surface area (Å²) >= 11 is 0. The van der Waals surface area contributed by atoms with Crippen molar-refractivity contribution in [3.63, 3.8) is 0 Å². The molecule has 0 bridgehead atoms. The van der Waals surface area contributed by atoms with Gasteiger partial charge < -0.3 is 10.6 Å². The Balaban J connectivity index is 2.09. The van der Waals surface area contributed by atoms with Crippen LogP contribution in [0.2, 0.25) is 0 Å². The molecule has 0 amide bonds. The van der Waals surface area contributed by atoms with Gasteiger partial charge in [0.15, 0.2) is 5.96 Å². The van der Waals surface area contributed by atoms with Crippen LogP contribution in [-0.4, -0.2) is 19.6 Å². The number of rotatable bonds is 4. The van der Waals surface area contributed by atoms with Gasteiger partial charge in [0.2, 0.25) is 0 Å². The Bertz CT molecular complexity index is 555. The molecule has 0 saturated heterocycles. The van der Waals surface area contributed by atoms with Gasteiger partial charge in [-0.15, -0.1) is 0 Å². The topological polar surface area (TPSA) is 36.4 Å². The molecule has 3 heteroatoms. The van der Waals surface area contributed by atoms with Crippen LogP contribution < -0.4 is 10.6 Å². The van der Waals surface area contributed by atoms with Crippen molar-refractivity contribution >= 4 is 16.7 Å². The lowest BCUT2D eigenvalue weighted by atomic mass is 10.0. The molecule has 3 nitrogen and oxygen atoms in total. The Morgan fingerprint density at radius 3 is 2.63 bits per heavy atom. The minimum atomic E-state index is 0.782. The molecule has 0 unspecified atom stereocenters. The zero-order chi connectivity index (χ0) is 13.5. The smallest absolute Gasteiger partial charge is 0.191 e. The Hall–Kier alpha value is -2.03. The summed E-state index contributed by atoms with van der Waals surface area (Å²) < 4.78 is 0. The van der Waals surface area contributed by atoms with Crippen LogP contribution in [0.4, 0.5) is 0 Å². The van der Waals surface area contributed by atoms with Gasteiger partial charge in [-0.25, -0.2) is 0 Å². The number of nitrogens with zero attached hydrogens (tertiary/aromatic N) is 1. The largest absolute Gasteiger partial charge is 0.356 e. The van der Waals surface area contributed by atoms with E-state index in [1.54, 1.807) is 7.05 Å². The molecule has 2 rings (SSSR count). The second kappa shape index (κ2) is 6.78. The predicted octanol–water partition coefficient (Wildman–Crippen LogP) is 2.91. The molecule has 0 atom stereocenters. The van der Waals surface area contributed by atoms with Gasteiger partial charge in [-0.3, -0.25) is 4.99 Å². The highest BCUT2D eigenvalue weighted by molar-refractivity contribution is 5.86. The molecule has 0 aliphatic carbocycles. The maximum Gasteiger partial charge on any atom is 0.191 e. The molecule has 0 aromatic heterocycles. The second-order valence-electron chi connectivity index (χ2n) is 4.49. The number of benzene rings is 2. The van der Waals surface area contributed by atoms with Gasteiger partial charge >= 0.3 is 0 Å². The van der Waals surface area contributed by atoms with E-state index in [9.17, 15) is 0 Å². The molecule has 19 heavy (non-hydrogen) atoms. The number of hydrogen-bond donors (Lipinski definition) is 2. The molecule has 0 radical (unpaired) electrons. The molecule has 0 fully saturated rings. The molecule has 2 N–H and O–H groups in total. The lowest BCUT2D eigenvalue weighted by molar-refractivity contribution is 0.783. The van der Waals surface area contributed by atoms with E-state index in [2.05, 4.69) is 65.0 Å². The van der Waals surface area contributed by atoms with Gasteiger partial charge in [0.25, 0.3) is 0 Å². The highest BCUT2D eigenvalue weighted by Crippen LogP contribution is 2.18. The van der Waals surface area contributed by atoms with Crippen molar-refractivity contribution in [3.8, 4) is 0 Å². The van der Waals surface area contributed by atoms with Crippen molar-refractivity contribution in [2.24, 2.45) is 4.99 Å². The summed E-state index contributed by atoms with van der Waals surface area (Å²) in [5.74, 6) is 0.856. The van der Waals surface area contributed by atoms with E-state index in [0.717, 1.165) is 25.5 Å². The van der Waals surface area contributed by atoms with Crippen LogP contribution in [0.5, 0.6) is 0 Å². The van der Waals surface area contributed by atoms with E-state index in [0.29, 0.717) is 0 Å². The Kier molecular flexibility index (Phi) is 4.78. The van der Waals surface area contributed by atoms with Crippen molar-refractivity contribution in [1.29, 1.82) is 0 Å². The van der Waals surface area contributed by atoms with Gasteiger partial charge in [-0.2, -0.15) is 0 Å². The zero-order valence-corrected chi connectivity index (χ0v) is 11.6. The van der Waals surface area contributed by atoms with Crippen LogP contribution in [0.25, 0.3) is 10.8 Å². The summed E-state index contributed by atoms with van der Waals surface area (Å²) in [4.78, 5) is 4.22. The molecule has 2 aromatic rings. The predicted molar refractivity (Wildman–Crippen MR) is 82.4 cm³/mol. The SMILES string of the molecule is CCCNC(=NC)NCc1cccc2ccccc12. The third-order valence-electron chi connectivity index (χ3n) is 3.09. The van der Waals surface area contributed by atoms with E-state index in [4.69, 9.17) is 0 Å². The Labute approximate surface area is 114 Å². The first kappa shape index (κ1) is 13.4. The number of nitrogens with one attached hydrogen (secondary N) is 2. The van der Waals surface area contributed by atoms with Crippen molar-refractivity contribution in [1.82, 2.24) is 10.6 Å². The van der Waals surface area contributed by atoms with Crippen molar-refractivity contribution in [3.05, 3.63) is 48.0 Å². The van der Waals surface area contributed by atoms with E-state index in [1.807, 2.05) is 0 Å². The van der Waals surface area contributed by atoms with E-state index in [1.165, 1.54) is 16.3 Å². The number of guanidine groups is 1. The summed E-state index contributed by atoms with van der Waals surface area (Å²) in [7, 11) is 1.80. The minimum absolute atomic E-state index is 0.782. The van der Waals surface area contributed by atoms with Gasteiger partial charge in [-0.1, -0.05) is 49.4 Å². The van der Waals surface area contributed by atoms with Crippen molar-refractivity contribution in [2.75, 3.05) is 13.6 Å². The average Bonchev–Trinajstić information content (AvgIpc) is 2.47. The summed E-state index contributed by atoms with van der Waals surface area (Å²) in [6.07, 6.45) is 1.09. The van der Waals surface area contributed by atoms with Gasteiger partial charge in [0.05, 0.1) is 0 Å². The van der Waals surface area contributed by atoms with Crippen LogP contribution in [0.1, 0.15) is 18.9 Å². The monoisotopic (exact) mass is 255 g/mol. The third-order valence-corrected chi connectivity index (χ3v) is 3.09. The molecule has 0 aliphatic heterocycles. The number of fused-ring (bicyclic) bond motifs is 1. The molecule has 100 valence electrons. The molecule has 0 aliphatic rings. The molecule has 2 aromatic carbocycles. The van der Waals surface area contributed by atoms with E-state index in [-0.39, 0.29) is 0 Å². The van der Waals surface area contributed by atoms with Gasteiger partial charge in [0, 0.05) is 20.1 Å². The van der Waals surface area contributed by atoms with Crippen LogP contribution >= 0.6 is 0 Å². The maximum atomic E-state index is 4.22. The number of aliphatic imine (C=N–C) groups is 1. The first-order valence-electron chi connectivity index (χ1n) is 6.76. The highest BCUT2D eigenvalue weighted by Gasteiger charge is 2.01. The molecule has 0 heterocycles. The molecule has 0 saturated carbocycles.